The van der Waals surface area contributed by atoms with Gasteiger partial charge in [0.15, 0.2) is 0 Å². The van der Waals surface area contributed by atoms with Crippen molar-refractivity contribution in [2.24, 2.45) is 5.73 Å². The summed E-state index contributed by atoms with van der Waals surface area (Å²) in [4.78, 5) is 11.8. The Bertz CT molecular complexity index is 951. The summed E-state index contributed by atoms with van der Waals surface area (Å²) in [5, 5.41) is 22.9. The van der Waals surface area contributed by atoms with Crippen LogP contribution in [-0.4, -0.2) is 30.4 Å². The molecule has 0 aliphatic heterocycles. The van der Waals surface area contributed by atoms with E-state index in [9.17, 15) is 4.79 Å². The molecule has 0 heterocycles. The maximum Gasteiger partial charge on any atom is 0.134 e. The van der Waals surface area contributed by atoms with E-state index in [4.69, 9.17) is 21.3 Å². The molecule has 7 nitrogen and oxygen atoms in total. The van der Waals surface area contributed by atoms with Crippen LogP contribution in [0.1, 0.15) is 31.2 Å². The lowest BCUT2D eigenvalue weighted by Gasteiger charge is -2.26. The van der Waals surface area contributed by atoms with Crippen molar-refractivity contribution in [3.63, 3.8) is 0 Å². The van der Waals surface area contributed by atoms with Crippen molar-refractivity contribution >= 4 is 17.3 Å². The molecule has 0 spiro atoms. The topological polar surface area (TPSA) is 124 Å². The Morgan fingerprint density at radius 3 is 2.33 bits per heavy atom. The van der Waals surface area contributed by atoms with Crippen LogP contribution in [0, 0.1) is 10.8 Å². The number of carbonyl (C=O) groups is 1. The molecule has 1 aliphatic rings. The SMILES string of the molecule is CN/C(NC1CCCC(=O)C1)=C(\C(=N)N)C(=N)c1ccc(Oc2ccccc2)cc1. The number of amidine groups is 1. The zero-order chi connectivity index (χ0) is 21.5. The molecule has 30 heavy (non-hydrogen) atoms. The van der Waals surface area contributed by atoms with Crippen molar-refractivity contribution in [3.8, 4) is 11.5 Å². The van der Waals surface area contributed by atoms with Crippen molar-refractivity contribution in [2.45, 2.75) is 31.7 Å². The highest BCUT2D eigenvalue weighted by molar-refractivity contribution is 6.27. The van der Waals surface area contributed by atoms with Crippen LogP contribution in [-0.2, 0) is 4.79 Å². The lowest BCUT2D eigenvalue weighted by atomic mass is 9.94. The minimum atomic E-state index is -0.219. The van der Waals surface area contributed by atoms with Gasteiger partial charge in [0.1, 0.15) is 28.9 Å². The second-order valence-corrected chi connectivity index (χ2v) is 7.20. The van der Waals surface area contributed by atoms with Crippen LogP contribution >= 0.6 is 0 Å². The van der Waals surface area contributed by atoms with Gasteiger partial charge < -0.3 is 21.1 Å². The van der Waals surface area contributed by atoms with E-state index in [0.29, 0.717) is 30.0 Å². The molecular weight excluding hydrogens is 378 g/mol. The zero-order valence-electron chi connectivity index (χ0n) is 17.0. The van der Waals surface area contributed by atoms with E-state index in [1.807, 2.05) is 30.3 Å². The summed E-state index contributed by atoms with van der Waals surface area (Å²) in [6.07, 6.45) is 2.75. The number of nitrogens with two attached hydrogens (primary N) is 1. The van der Waals surface area contributed by atoms with Crippen LogP contribution in [0.15, 0.2) is 66.0 Å². The molecule has 0 aromatic heterocycles. The fourth-order valence-corrected chi connectivity index (χ4v) is 3.47. The van der Waals surface area contributed by atoms with Crippen LogP contribution < -0.4 is 21.1 Å². The van der Waals surface area contributed by atoms with Crippen molar-refractivity contribution in [3.05, 3.63) is 71.6 Å². The zero-order valence-corrected chi connectivity index (χ0v) is 17.0. The highest BCUT2D eigenvalue weighted by Gasteiger charge is 2.23. The van der Waals surface area contributed by atoms with Gasteiger partial charge in [-0.1, -0.05) is 18.2 Å². The van der Waals surface area contributed by atoms with Gasteiger partial charge in [-0.2, -0.15) is 0 Å². The minimum absolute atomic E-state index is 0.0301. The number of benzene rings is 2. The minimum Gasteiger partial charge on any atom is -0.457 e. The van der Waals surface area contributed by atoms with Gasteiger partial charge in [0, 0.05) is 31.5 Å². The summed E-state index contributed by atoms with van der Waals surface area (Å²) in [6, 6.07) is 16.5. The van der Waals surface area contributed by atoms with Crippen molar-refractivity contribution in [2.75, 3.05) is 7.05 Å². The lowest BCUT2D eigenvalue weighted by Crippen LogP contribution is -2.40. The number of ether oxygens (including phenoxy) is 1. The molecular formula is C23H27N5O2. The summed E-state index contributed by atoms with van der Waals surface area (Å²) in [5.74, 6) is 1.87. The Balaban J connectivity index is 1.80. The molecule has 156 valence electrons. The molecule has 6 N–H and O–H groups in total. The Morgan fingerprint density at radius 1 is 1.07 bits per heavy atom. The number of ketones is 1. The average molecular weight is 406 g/mol. The molecule has 2 aromatic carbocycles. The molecule has 1 fully saturated rings. The molecule has 1 saturated carbocycles. The van der Waals surface area contributed by atoms with E-state index in [0.717, 1.165) is 18.6 Å². The van der Waals surface area contributed by atoms with E-state index < -0.39 is 0 Å². The van der Waals surface area contributed by atoms with E-state index in [-0.39, 0.29) is 28.9 Å². The number of nitrogens with one attached hydrogen (secondary N) is 4. The third-order valence-electron chi connectivity index (χ3n) is 4.97. The quantitative estimate of drug-likeness (QED) is 0.340. The molecule has 1 unspecified atom stereocenters. The van der Waals surface area contributed by atoms with Crippen LogP contribution in [0.5, 0.6) is 11.5 Å². The van der Waals surface area contributed by atoms with Gasteiger partial charge in [-0.15, -0.1) is 0 Å². The van der Waals surface area contributed by atoms with E-state index in [1.54, 1.807) is 31.3 Å². The first kappa shape index (κ1) is 21.1. The lowest BCUT2D eigenvalue weighted by molar-refractivity contribution is -0.120. The number of para-hydroxylation sites is 1. The second kappa shape index (κ2) is 9.73. The Hall–Kier alpha value is -3.61. The molecule has 0 bridgehead atoms. The van der Waals surface area contributed by atoms with Crippen LogP contribution in [0.3, 0.4) is 0 Å². The molecule has 1 atom stereocenters. The average Bonchev–Trinajstić information content (AvgIpc) is 2.74. The van der Waals surface area contributed by atoms with Crippen molar-refractivity contribution in [1.29, 1.82) is 10.8 Å². The van der Waals surface area contributed by atoms with Gasteiger partial charge in [0.2, 0.25) is 0 Å². The standard InChI is InChI=1S/C23H27N5O2/c1-27-23(28-16-6-5-7-17(29)14-16)20(22(25)26)21(24)15-10-12-19(13-11-15)30-18-8-3-2-4-9-18/h2-4,8-13,16,24,27-28H,5-7,14H2,1H3,(H3,25,26)/b23-20+,24-21?. The van der Waals surface area contributed by atoms with Crippen LogP contribution in [0.2, 0.25) is 0 Å². The third-order valence-corrected chi connectivity index (χ3v) is 4.97. The second-order valence-electron chi connectivity index (χ2n) is 7.20. The molecule has 1 aliphatic carbocycles. The molecule has 2 aromatic rings. The fraction of sp³-hybridized carbons (Fsp3) is 0.261. The maximum absolute atomic E-state index is 11.8. The largest absolute Gasteiger partial charge is 0.457 e. The first-order chi connectivity index (χ1) is 14.5. The number of carbonyl (C=O) groups excluding carboxylic acids is 1. The normalized spacial score (nSPS) is 17.0. The molecule has 0 radical (unpaired) electrons. The van der Waals surface area contributed by atoms with Crippen molar-refractivity contribution < 1.29 is 9.53 Å². The van der Waals surface area contributed by atoms with E-state index >= 15 is 0 Å². The molecule has 0 amide bonds. The molecule has 0 saturated heterocycles. The predicted molar refractivity (Wildman–Crippen MR) is 118 cm³/mol. The van der Waals surface area contributed by atoms with Crippen LogP contribution in [0.25, 0.3) is 0 Å². The van der Waals surface area contributed by atoms with Crippen molar-refractivity contribution in [1.82, 2.24) is 10.6 Å². The summed E-state index contributed by atoms with van der Waals surface area (Å²) in [6.45, 7) is 0. The smallest absolute Gasteiger partial charge is 0.134 e. The highest BCUT2D eigenvalue weighted by Crippen LogP contribution is 2.23. The number of Topliss-reactive ketones (excluding diaryl/α,β-unsaturated/α-hetero) is 1. The number of rotatable bonds is 8. The van der Waals surface area contributed by atoms with Gasteiger partial charge in [-0.05, 0) is 49.2 Å². The van der Waals surface area contributed by atoms with Gasteiger partial charge in [-0.3, -0.25) is 15.6 Å². The first-order valence-electron chi connectivity index (χ1n) is 9.95. The predicted octanol–water partition coefficient (Wildman–Crippen LogP) is 3.32. The summed E-state index contributed by atoms with van der Waals surface area (Å²) < 4.78 is 5.79. The fourth-order valence-electron chi connectivity index (χ4n) is 3.47. The highest BCUT2D eigenvalue weighted by atomic mass is 16.5. The summed E-state index contributed by atoms with van der Waals surface area (Å²) in [7, 11) is 1.71. The van der Waals surface area contributed by atoms with Gasteiger partial charge in [0.05, 0.1) is 11.3 Å². The Kier molecular flexibility index (Phi) is 6.85. The summed E-state index contributed by atoms with van der Waals surface area (Å²) in [5.41, 5.74) is 6.82. The number of hydrogen-bond acceptors (Lipinski definition) is 6. The van der Waals surface area contributed by atoms with Gasteiger partial charge in [0.25, 0.3) is 0 Å². The van der Waals surface area contributed by atoms with E-state index in [1.165, 1.54) is 0 Å². The van der Waals surface area contributed by atoms with Gasteiger partial charge >= 0.3 is 0 Å². The maximum atomic E-state index is 11.8. The monoisotopic (exact) mass is 405 g/mol. The van der Waals surface area contributed by atoms with Crippen LogP contribution in [0.4, 0.5) is 0 Å². The molecule has 3 rings (SSSR count). The first-order valence-corrected chi connectivity index (χ1v) is 9.95. The summed E-state index contributed by atoms with van der Waals surface area (Å²) >= 11 is 0. The Morgan fingerprint density at radius 2 is 1.73 bits per heavy atom. The molecule has 7 heteroatoms. The number of hydrogen-bond donors (Lipinski definition) is 5. The Labute approximate surface area is 176 Å². The van der Waals surface area contributed by atoms with Gasteiger partial charge in [-0.25, -0.2) is 0 Å². The van der Waals surface area contributed by atoms with E-state index in [2.05, 4.69) is 10.6 Å². The third kappa shape index (κ3) is 5.26.